The second-order valence-corrected chi connectivity index (χ2v) is 2.96. The van der Waals surface area contributed by atoms with Crippen LogP contribution in [0.2, 0.25) is 0 Å². The lowest BCUT2D eigenvalue weighted by Crippen LogP contribution is -2.19. The summed E-state index contributed by atoms with van der Waals surface area (Å²) in [6, 6.07) is 2.56. The van der Waals surface area contributed by atoms with Crippen molar-refractivity contribution in [2.45, 2.75) is 0 Å². The molecular formula is C8H11N5O4. The molecule has 0 saturated carbocycles. The van der Waals surface area contributed by atoms with Crippen LogP contribution in [-0.2, 0) is 4.74 Å². The van der Waals surface area contributed by atoms with E-state index in [1.807, 2.05) is 0 Å². The first-order valence-electron chi connectivity index (χ1n) is 4.57. The Balaban J connectivity index is 2.65. The molecule has 0 saturated heterocycles. The first kappa shape index (κ1) is 12.5. The zero-order valence-electron chi connectivity index (χ0n) is 8.75. The van der Waals surface area contributed by atoms with Crippen molar-refractivity contribution in [1.82, 2.24) is 4.98 Å². The van der Waals surface area contributed by atoms with Gasteiger partial charge in [0.25, 0.3) is 0 Å². The highest BCUT2D eigenvalue weighted by molar-refractivity contribution is 5.64. The van der Waals surface area contributed by atoms with Gasteiger partial charge < -0.3 is 21.5 Å². The highest BCUT2D eigenvalue weighted by Crippen LogP contribution is 2.22. The minimum Gasteiger partial charge on any atom is -0.448 e. The predicted molar refractivity (Wildman–Crippen MR) is 59.3 cm³/mol. The van der Waals surface area contributed by atoms with Gasteiger partial charge in [-0.05, 0) is 6.07 Å². The molecule has 0 bridgehead atoms. The van der Waals surface area contributed by atoms with E-state index in [4.69, 9.17) is 11.5 Å². The molecule has 0 aliphatic rings. The summed E-state index contributed by atoms with van der Waals surface area (Å²) in [6.07, 6.45) is -0.915. The van der Waals surface area contributed by atoms with Gasteiger partial charge in [0.2, 0.25) is 5.82 Å². The highest BCUT2D eigenvalue weighted by atomic mass is 16.6. The van der Waals surface area contributed by atoms with Gasteiger partial charge in [0.15, 0.2) is 0 Å². The minimum atomic E-state index is -0.915. The smallest absolute Gasteiger partial charge is 0.404 e. The summed E-state index contributed by atoms with van der Waals surface area (Å²) < 4.78 is 4.44. The Morgan fingerprint density at radius 2 is 2.29 bits per heavy atom. The van der Waals surface area contributed by atoms with E-state index < -0.39 is 11.0 Å². The molecule has 0 aromatic carbocycles. The lowest BCUT2D eigenvalue weighted by molar-refractivity contribution is -0.384. The summed E-state index contributed by atoms with van der Waals surface area (Å²) in [6.45, 7) is 0.114. The Kier molecular flexibility index (Phi) is 4.03. The molecule has 1 rings (SSSR count). The van der Waals surface area contributed by atoms with Crippen molar-refractivity contribution in [1.29, 1.82) is 0 Å². The lowest BCUT2D eigenvalue weighted by Gasteiger charge is -2.06. The number of rotatable bonds is 5. The number of aromatic nitrogens is 1. The van der Waals surface area contributed by atoms with Gasteiger partial charge in [0, 0.05) is 6.07 Å². The fourth-order valence-electron chi connectivity index (χ4n) is 1.07. The molecule has 1 aromatic rings. The summed E-state index contributed by atoms with van der Waals surface area (Å²) >= 11 is 0. The third kappa shape index (κ3) is 3.81. The summed E-state index contributed by atoms with van der Waals surface area (Å²) in [5.41, 5.74) is 9.93. The van der Waals surface area contributed by atoms with Crippen LogP contribution in [0, 0.1) is 10.1 Å². The molecule has 9 heteroatoms. The average molecular weight is 241 g/mol. The first-order valence-corrected chi connectivity index (χ1v) is 4.57. The topological polar surface area (TPSA) is 146 Å². The summed E-state index contributed by atoms with van der Waals surface area (Å²) in [4.78, 5) is 24.1. The second-order valence-electron chi connectivity index (χ2n) is 2.96. The molecule has 0 radical (unpaired) electrons. The third-order valence-corrected chi connectivity index (χ3v) is 1.73. The molecule has 0 unspecified atom stereocenters. The maximum absolute atomic E-state index is 10.7. The number of nitrogens with two attached hydrogens (primary N) is 2. The van der Waals surface area contributed by atoms with Crippen LogP contribution in [0.5, 0.6) is 0 Å². The number of amides is 1. The van der Waals surface area contributed by atoms with E-state index in [0.29, 0.717) is 0 Å². The number of ether oxygens (including phenoxy) is 1. The van der Waals surface area contributed by atoms with E-state index in [2.05, 4.69) is 15.0 Å². The van der Waals surface area contributed by atoms with Gasteiger partial charge in [-0.2, -0.15) is 0 Å². The van der Waals surface area contributed by atoms with Crippen molar-refractivity contribution in [3.8, 4) is 0 Å². The van der Waals surface area contributed by atoms with Gasteiger partial charge in [0.05, 0.1) is 11.5 Å². The van der Waals surface area contributed by atoms with Crippen molar-refractivity contribution in [2.24, 2.45) is 5.73 Å². The molecule has 1 amide bonds. The van der Waals surface area contributed by atoms with Crippen LogP contribution in [0.1, 0.15) is 0 Å². The molecule has 0 aliphatic heterocycles. The molecule has 92 valence electrons. The number of nitrogens with one attached hydrogen (secondary N) is 1. The van der Waals surface area contributed by atoms with Crippen LogP contribution in [0.25, 0.3) is 0 Å². The number of hydrogen-bond donors (Lipinski definition) is 3. The molecule has 0 atom stereocenters. The average Bonchev–Trinajstić information content (AvgIpc) is 2.23. The van der Waals surface area contributed by atoms with E-state index >= 15 is 0 Å². The van der Waals surface area contributed by atoms with E-state index in [1.165, 1.54) is 12.1 Å². The van der Waals surface area contributed by atoms with Crippen LogP contribution in [0.4, 0.5) is 22.1 Å². The number of hydrogen-bond acceptors (Lipinski definition) is 7. The Labute approximate surface area is 95.9 Å². The number of nitro groups is 1. The second kappa shape index (κ2) is 5.49. The third-order valence-electron chi connectivity index (χ3n) is 1.73. The van der Waals surface area contributed by atoms with Crippen molar-refractivity contribution in [3.63, 3.8) is 0 Å². The number of pyridine rings is 1. The molecule has 1 heterocycles. The molecular weight excluding hydrogens is 230 g/mol. The van der Waals surface area contributed by atoms with Crippen molar-refractivity contribution < 1.29 is 14.5 Å². The number of anilines is 2. The van der Waals surface area contributed by atoms with Crippen LogP contribution >= 0.6 is 0 Å². The monoisotopic (exact) mass is 241 g/mol. The molecule has 17 heavy (non-hydrogen) atoms. The quantitative estimate of drug-likeness (QED) is 0.375. The normalized spacial score (nSPS) is 9.65. The van der Waals surface area contributed by atoms with Gasteiger partial charge in [-0.15, -0.1) is 0 Å². The number of carbonyl (C=O) groups is 1. The zero-order valence-corrected chi connectivity index (χ0v) is 8.75. The first-order chi connectivity index (χ1) is 8.00. The molecule has 0 spiro atoms. The van der Waals surface area contributed by atoms with Gasteiger partial charge in [-0.3, -0.25) is 10.1 Å². The van der Waals surface area contributed by atoms with Crippen molar-refractivity contribution >= 4 is 23.4 Å². The number of carbonyl (C=O) groups excluding carboxylic acids is 1. The molecule has 5 N–H and O–H groups in total. The zero-order chi connectivity index (χ0) is 12.8. The number of nitrogens with zero attached hydrogens (tertiary/aromatic N) is 2. The molecule has 0 aliphatic carbocycles. The van der Waals surface area contributed by atoms with Gasteiger partial charge >= 0.3 is 11.8 Å². The molecule has 1 aromatic heterocycles. The van der Waals surface area contributed by atoms with Crippen LogP contribution in [-0.4, -0.2) is 29.2 Å². The van der Waals surface area contributed by atoms with Crippen LogP contribution in [0.3, 0.4) is 0 Å². The van der Waals surface area contributed by atoms with Gasteiger partial charge in [0.1, 0.15) is 12.4 Å². The fraction of sp³-hybridized carbons (Fsp3) is 0.250. The van der Waals surface area contributed by atoms with Gasteiger partial charge in [-0.1, -0.05) is 0 Å². The maximum Gasteiger partial charge on any atom is 0.404 e. The summed E-state index contributed by atoms with van der Waals surface area (Å²) in [5, 5.41) is 13.3. The van der Waals surface area contributed by atoms with Crippen LogP contribution < -0.4 is 16.8 Å². The Bertz CT molecular complexity index is 436. The molecule has 9 nitrogen and oxygen atoms in total. The Hall–Kier alpha value is -2.58. The van der Waals surface area contributed by atoms with E-state index in [9.17, 15) is 14.9 Å². The Morgan fingerprint density at radius 1 is 1.59 bits per heavy atom. The Morgan fingerprint density at radius 3 is 2.88 bits per heavy atom. The minimum absolute atomic E-state index is 0.0167. The number of nitrogen functional groups attached to an aromatic ring is 1. The summed E-state index contributed by atoms with van der Waals surface area (Å²) in [7, 11) is 0. The fourth-order valence-corrected chi connectivity index (χ4v) is 1.07. The highest BCUT2D eigenvalue weighted by Gasteiger charge is 2.14. The maximum atomic E-state index is 10.7. The van der Waals surface area contributed by atoms with Crippen molar-refractivity contribution in [2.75, 3.05) is 24.2 Å². The van der Waals surface area contributed by atoms with Crippen molar-refractivity contribution in [3.05, 3.63) is 22.2 Å². The largest absolute Gasteiger partial charge is 0.448 e. The van der Waals surface area contributed by atoms with E-state index in [-0.39, 0.29) is 30.5 Å². The predicted octanol–water partition coefficient (Wildman–Crippen LogP) is 0.0792. The molecule has 0 fully saturated rings. The van der Waals surface area contributed by atoms with Gasteiger partial charge in [-0.25, -0.2) is 9.78 Å². The van der Waals surface area contributed by atoms with Crippen LogP contribution in [0.15, 0.2) is 12.1 Å². The lowest BCUT2D eigenvalue weighted by atomic mass is 10.3. The van der Waals surface area contributed by atoms with E-state index in [1.54, 1.807) is 0 Å². The number of primary amides is 1. The summed E-state index contributed by atoms with van der Waals surface area (Å²) in [5.74, 6) is 0.164. The SMILES string of the molecule is NC(=O)OCCNc1nc(N)ccc1[N+](=O)[O-]. The van der Waals surface area contributed by atoms with E-state index in [0.717, 1.165) is 0 Å². The standard InChI is InChI=1S/C8H11N5O4/c9-6-2-1-5(13(15)16)7(12-6)11-3-4-17-8(10)14/h1-2H,3-4H2,(H2,10,14)(H3,9,11,12).